The van der Waals surface area contributed by atoms with Gasteiger partial charge in [-0.25, -0.2) is 13.1 Å². The molecule has 0 aliphatic rings. The fourth-order valence-corrected chi connectivity index (χ4v) is 3.40. The maximum atomic E-state index is 12.5. The lowest BCUT2D eigenvalue weighted by atomic mass is 10.2. The number of anilines is 1. The van der Waals surface area contributed by atoms with Gasteiger partial charge in [0.15, 0.2) is 11.5 Å². The van der Waals surface area contributed by atoms with E-state index >= 15 is 0 Å². The van der Waals surface area contributed by atoms with E-state index in [1.54, 1.807) is 0 Å². The Morgan fingerprint density at radius 2 is 1.72 bits per heavy atom. The van der Waals surface area contributed by atoms with Crippen LogP contribution in [0.15, 0.2) is 47.4 Å². The number of nitrogens with one attached hydrogen (secondary N) is 2. The molecular weight excluding hydrogens is 467 g/mol. The number of carbonyl (C=O) groups is 1. The number of amides is 1. The highest BCUT2D eigenvalue weighted by Crippen LogP contribution is 2.31. The van der Waals surface area contributed by atoms with Crippen LogP contribution >= 0.6 is 0 Å². The maximum absolute atomic E-state index is 12.5. The first kappa shape index (κ1) is 25.1. The zero-order valence-electron chi connectivity index (χ0n) is 16.3. The monoisotopic (exact) mass is 484 g/mol. The van der Waals surface area contributed by atoms with E-state index in [0.717, 1.165) is 30.3 Å². The Morgan fingerprint density at radius 3 is 2.28 bits per heavy atom. The number of hydrogen-bond acceptors (Lipinski definition) is 6. The van der Waals surface area contributed by atoms with E-state index < -0.39 is 34.7 Å². The standard InChI is InChI=1S/C18H17F5N2O6S/c1-29-14-7-2-11(10-15(14)30-17(19)20)25-16(26)8-9-24-32(27,28)13-5-3-12(4-6-13)31-18(21,22)23/h2-7,10,17,24H,8-9H2,1H3,(H,25,26). The molecule has 2 rings (SSSR count). The quantitative estimate of drug-likeness (QED) is 0.501. The molecule has 0 atom stereocenters. The van der Waals surface area contributed by atoms with Crippen LogP contribution in [0.25, 0.3) is 0 Å². The van der Waals surface area contributed by atoms with Crippen LogP contribution in [0.1, 0.15) is 6.42 Å². The van der Waals surface area contributed by atoms with Crippen molar-refractivity contribution < 1.29 is 49.4 Å². The molecule has 1 amide bonds. The average Bonchev–Trinajstić information content (AvgIpc) is 2.67. The van der Waals surface area contributed by atoms with Gasteiger partial charge >= 0.3 is 13.0 Å². The molecule has 0 fully saturated rings. The van der Waals surface area contributed by atoms with E-state index in [1.165, 1.54) is 19.2 Å². The van der Waals surface area contributed by atoms with Crippen LogP contribution in [0, 0.1) is 0 Å². The zero-order valence-corrected chi connectivity index (χ0v) is 17.1. The van der Waals surface area contributed by atoms with Crippen LogP contribution in [-0.2, 0) is 14.8 Å². The molecule has 32 heavy (non-hydrogen) atoms. The predicted molar refractivity (Wildman–Crippen MR) is 101 cm³/mol. The lowest BCUT2D eigenvalue weighted by Crippen LogP contribution is -2.27. The molecular formula is C18H17F5N2O6S. The molecule has 2 N–H and O–H groups in total. The Morgan fingerprint density at radius 1 is 1.06 bits per heavy atom. The fraction of sp³-hybridized carbons (Fsp3) is 0.278. The zero-order chi connectivity index (χ0) is 23.9. The first-order valence-electron chi connectivity index (χ1n) is 8.68. The Kier molecular flexibility index (Phi) is 8.21. The van der Waals surface area contributed by atoms with Crippen molar-refractivity contribution in [3.8, 4) is 17.2 Å². The molecule has 0 saturated carbocycles. The first-order valence-corrected chi connectivity index (χ1v) is 10.2. The number of ether oxygens (including phenoxy) is 3. The van der Waals surface area contributed by atoms with E-state index in [2.05, 4.69) is 19.5 Å². The summed E-state index contributed by atoms with van der Waals surface area (Å²) in [6.07, 6.45) is -5.24. The Hall–Kier alpha value is -3.13. The highest BCUT2D eigenvalue weighted by atomic mass is 32.2. The van der Waals surface area contributed by atoms with E-state index in [9.17, 15) is 35.2 Å². The lowest BCUT2D eigenvalue weighted by Gasteiger charge is -2.12. The summed E-state index contributed by atoms with van der Waals surface area (Å²) in [4.78, 5) is 11.7. The topological polar surface area (TPSA) is 103 Å². The van der Waals surface area contributed by atoms with Crippen molar-refractivity contribution in [3.05, 3.63) is 42.5 Å². The van der Waals surface area contributed by atoms with Crippen molar-refractivity contribution >= 4 is 21.6 Å². The van der Waals surface area contributed by atoms with E-state index in [1.807, 2.05) is 0 Å². The van der Waals surface area contributed by atoms with Gasteiger partial charge in [0.05, 0.1) is 12.0 Å². The summed E-state index contributed by atoms with van der Waals surface area (Å²) < 4.78 is 101. The second kappa shape index (κ2) is 10.5. The largest absolute Gasteiger partial charge is 0.573 e. The normalized spacial score (nSPS) is 11.8. The summed E-state index contributed by atoms with van der Waals surface area (Å²) in [7, 11) is -2.86. The minimum absolute atomic E-state index is 0.0164. The summed E-state index contributed by atoms with van der Waals surface area (Å²) in [6, 6.07) is 7.25. The summed E-state index contributed by atoms with van der Waals surface area (Å²) in [5.74, 6) is -1.53. The molecule has 0 aliphatic carbocycles. The van der Waals surface area contributed by atoms with Crippen LogP contribution in [0.5, 0.6) is 17.2 Å². The molecule has 0 aromatic heterocycles. The third-order valence-electron chi connectivity index (χ3n) is 3.68. The third kappa shape index (κ3) is 7.85. The smallest absolute Gasteiger partial charge is 0.493 e. The van der Waals surface area contributed by atoms with Gasteiger partial charge in [0.2, 0.25) is 15.9 Å². The molecule has 0 unspecified atom stereocenters. The molecule has 0 spiro atoms. The van der Waals surface area contributed by atoms with Crippen LogP contribution < -0.4 is 24.2 Å². The highest BCUT2D eigenvalue weighted by Gasteiger charge is 2.31. The molecule has 0 saturated heterocycles. The molecule has 176 valence electrons. The van der Waals surface area contributed by atoms with Gasteiger partial charge in [-0.2, -0.15) is 8.78 Å². The molecule has 0 radical (unpaired) electrons. The number of carbonyl (C=O) groups excluding carboxylic acids is 1. The van der Waals surface area contributed by atoms with Gasteiger partial charge in [-0.1, -0.05) is 0 Å². The van der Waals surface area contributed by atoms with Gasteiger partial charge in [0.1, 0.15) is 5.75 Å². The van der Waals surface area contributed by atoms with Gasteiger partial charge in [0, 0.05) is 24.7 Å². The minimum Gasteiger partial charge on any atom is -0.493 e. The van der Waals surface area contributed by atoms with Crippen molar-refractivity contribution in [2.45, 2.75) is 24.3 Å². The number of halogens is 5. The number of rotatable bonds is 10. The fourth-order valence-electron chi connectivity index (χ4n) is 2.37. The van der Waals surface area contributed by atoms with Crippen molar-refractivity contribution in [2.24, 2.45) is 0 Å². The van der Waals surface area contributed by atoms with E-state index in [-0.39, 0.29) is 35.0 Å². The second-order valence-electron chi connectivity index (χ2n) is 5.96. The van der Waals surface area contributed by atoms with Crippen LogP contribution in [-0.4, -0.2) is 41.0 Å². The summed E-state index contributed by atoms with van der Waals surface area (Å²) in [5.41, 5.74) is 0.106. The van der Waals surface area contributed by atoms with Crippen LogP contribution in [0.2, 0.25) is 0 Å². The van der Waals surface area contributed by atoms with Crippen molar-refractivity contribution in [3.63, 3.8) is 0 Å². The number of benzene rings is 2. The predicted octanol–water partition coefficient (Wildman–Crippen LogP) is 3.50. The Balaban J connectivity index is 1.92. The Labute approximate surface area is 179 Å². The van der Waals surface area contributed by atoms with E-state index in [0.29, 0.717) is 0 Å². The van der Waals surface area contributed by atoms with Gasteiger partial charge in [-0.05, 0) is 36.4 Å². The molecule has 0 heterocycles. The van der Waals surface area contributed by atoms with Crippen LogP contribution in [0.4, 0.5) is 27.6 Å². The highest BCUT2D eigenvalue weighted by molar-refractivity contribution is 7.89. The number of alkyl halides is 5. The molecule has 0 bridgehead atoms. The van der Waals surface area contributed by atoms with Crippen molar-refractivity contribution in [2.75, 3.05) is 19.0 Å². The van der Waals surface area contributed by atoms with Crippen molar-refractivity contribution in [1.29, 1.82) is 0 Å². The first-order chi connectivity index (χ1) is 14.9. The lowest BCUT2D eigenvalue weighted by molar-refractivity contribution is -0.274. The SMILES string of the molecule is COc1ccc(NC(=O)CCNS(=O)(=O)c2ccc(OC(F)(F)F)cc2)cc1OC(F)F. The molecule has 2 aromatic rings. The van der Waals surface area contributed by atoms with E-state index in [4.69, 9.17) is 4.74 Å². The van der Waals surface area contributed by atoms with Gasteiger partial charge in [0.25, 0.3) is 0 Å². The molecule has 14 heteroatoms. The minimum atomic E-state index is -4.91. The molecule has 2 aromatic carbocycles. The summed E-state index contributed by atoms with van der Waals surface area (Å²) in [5, 5.41) is 2.38. The van der Waals surface area contributed by atoms with Gasteiger partial charge < -0.3 is 19.5 Å². The average molecular weight is 484 g/mol. The van der Waals surface area contributed by atoms with Crippen molar-refractivity contribution in [1.82, 2.24) is 4.72 Å². The second-order valence-corrected chi connectivity index (χ2v) is 7.73. The van der Waals surface area contributed by atoms with Gasteiger partial charge in [-0.3, -0.25) is 4.79 Å². The number of sulfonamides is 1. The third-order valence-corrected chi connectivity index (χ3v) is 5.15. The molecule has 0 aliphatic heterocycles. The van der Waals surface area contributed by atoms with Gasteiger partial charge in [-0.15, -0.1) is 13.2 Å². The summed E-state index contributed by atoms with van der Waals surface area (Å²) >= 11 is 0. The number of hydrogen-bond donors (Lipinski definition) is 2. The maximum Gasteiger partial charge on any atom is 0.573 e. The van der Waals surface area contributed by atoms with Crippen LogP contribution in [0.3, 0.4) is 0 Å². The Bertz CT molecular complexity index is 1030. The number of methoxy groups -OCH3 is 1. The molecule has 8 nitrogen and oxygen atoms in total. The summed E-state index contributed by atoms with van der Waals surface area (Å²) in [6.45, 7) is -3.45.